The first-order chi connectivity index (χ1) is 19.6. The molecule has 1 spiro atoms. The number of aliphatic hydroxyl groups is 1. The molecule has 0 radical (unpaired) electrons. The smallest absolute Gasteiger partial charge is 0.248 e. The van der Waals surface area contributed by atoms with Crippen molar-refractivity contribution >= 4 is 23.4 Å². The van der Waals surface area contributed by atoms with Crippen molar-refractivity contribution in [2.45, 2.75) is 89.6 Å². The van der Waals surface area contributed by atoms with E-state index in [1.54, 1.807) is 26.9 Å². The van der Waals surface area contributed by atoms with Crippen molar-refractivity contribution in [1.29, 1.82) is 0 Å². The Morgan fingerprint density at radius 3 is 2.29 bits per heavy atom. The number of likely N-dealkylation sites (tertiary alicyclic amines) is 1. The van der Waals surface area contributed by atoms with Gasteiger partial charge in [-0.25, -0.2) is 0 Å². The molecule has 7 atom stereocenters. The fourth-order valence-corrected chi connectivity index (χ4v) is 7.56. The largest absolute Gasteiger partial charge is 0.394 e. The van der Waals surface area contributed by atoms with E-state index >= 15 is 0 Å². The zero-order valence-corrected chi connectivity index (χ0v) is 25.3. The molecule has 3 aliphatic heterocycles. The topological polar surface area (TPSA) is 90.4 Å². The Labute approximate surface area is 245 Å². The molecule has 1 aromatic rings. The fraction of sp³-hybridized carbons (Fsp3) is 0.606. The van der Waals surface area contributed by atoms with Crippen molar-refractivity contribution in [3.05, 3.63) is 55.6 Å². The summed E-state index contributed by atoms with van der Waals surface area (Å²) >= 11 is 0. The highest BCUT2D eigenvalue weighted by Gasteiger charge is 2.79. The van der Waals surface area contributed by atoms with E-state index in [0.717, 1.165) is 12.1 Å². The van der Waals surface area contributed by atoms with E-state index in [4.69, 9.17) is 4.74 Å². The average molecular weight is 566 g/mol. The average Bonchev–Trinajstić information content (AvgIpc) is 3.58. The van der Waals surface area contributed by atoms with E-state index in [1.807, 2.05) is 65.0 Å². The molecule has 1 aromatic carbocycles. The Bertz CT molecular complexity index is 1150. The SMILES string of the molecule is C=CCN(C(=O)[C@H]1[C@H]2C(=O)N([C@@H](CO)[C@@H](C)CC)C(C(=O)N(CC=C)C(C)C)C23CC[C@]1(CC)O3)c1ccccc1. The summed E-state index contributed by atoms with van der Waals surface area (Å²) in [7, 11) is 0. The van der Waals surface area contributed by atoms with Crippen LogP contribution in [0.1, 0.15) is 60.3 Å². The van der Waals surface area contributed by atoms with E-state index < -0.39 is 35.1 Å². The molecule has 3 aliphatic rings. The summed E-state index contributed by atoms with van der Waals surface area (Å²) in [5, 5.41) is 10.6. The molecule has 0 aliphatic carbocycles. The minimum Gasteiger partial charge on any atom is -0.394 e. The molecular weight excluding hydrogens is 518 g/mol. The number of nitrogens with zero attached hydrogens (tertiary/aromatic N) is 3. The molecular formula is C33H47N3O5. The predicted molar refractivity (Wildman–Crippen MR) is 160 cm³/mol. The normalized spacial score (nSPS) is 29.8. The Morgan fingerprint density at radius 2 is 1.76 bits per heavy atom. The van der Waals surface area contributed by atoms with Crippen LogP contribution in [0.5, 0.6) is 0 Å². The number of hydrogen-bond acceptors (Lipinski definition) is 5. The molecule has 2 bridgehead atoms. The number of amides is 3. The van der Waals surface area contributed by atoms with Gasteiger partial charge in [-0.3, -0.25) is 14.4 Å². The lowest BCUT2D eigenvalue weighted by molar-refractivity contribution is -0.158. The Morgan fingerprint density at radius 1 is 1.10 bits per heavy atom. The molecule has 2 unspecified atom stereocenters. The minimum absolute atomic E-state index is 0.0607. The first kappa shape index (κ1) is 31.0. The van der Waals surface area contributed by atoms with E-state index in [2.05, 4.69) is 13.2 Å². The van der Waals surface area contributed by atoms with Gasteiger partial charge >= 0.3 is 0 Å². The van der Waals surface area contributed by atoms with Crippen molar-refractivity contribution in [3.8, 4) is 0 Å². The lowest BCUT2D eigenvalue weighted by atomic mass is 9.64. The van der Waals surface area contributed by atoms with Crippen LogP contribution in [-0.4, -0.2) is 81.7 Å². The van der Waals surface area contributed by atoms with Crippen molar-refractivity contribution in [1.82, 2.24) is 9.80 Å². The van der Waals surface area contributed by atoms with Gasteiger partial charge in [0.2, 0.25) is 17.7 Å². The number of hydrogen-bond donors (Lipinski definition) is 1. The third-order valence-electron chi connectivity index (χ3n) is 9.84. The van der Waals surface area contributed by atoms with Crippen LogP contribution < -0.4 is 4.90 Å². The number of aliphatic hydroxyl groups excluding tert-OH is 1. The number of anilines is 1. The van der Waals surface area contributed by atoms with Gasteiger partial charge in [-0.1, -0.05) is 57.5 Å². The molecule has 3 amide bonds. The summed E-state index contributed by atoms with van der Waals surface area (Å²) in [5.41, 5.74) is -1.29. The summed E-state index contributed by atoms with van der Waals surface area (Å²) in [5.74, 6) is -2.34. The number of rotatable bonds is 13. The van der Waals surface area contributed by atoms with Crippen molar-refractivity contribution in [2.75, 3.05) is 24.6 Å². The fourth-order valence-electron chi connectivity index (χ4n) is 7.56. The quantitative estimate of drug-likeness (QED) is 0.362. The van der Waals surface area contributed by atoms with Gasteiger partial charge in [0, 0.05) is 24.8 Å². The van der Waals surface area contributed by atoms with E-state index in [0.29, 0.717) is 25.8 Å². The molecule has 0 aromatic heterocycles. The monoisotopic (exact) mass is 565 g/mol. The first-order valence-corrected chi connectivity index (χ1v) is 15.1. The third kappa shape index (κ3) is 4.83. The summed E-state index contributed by atoms with van der Waals surface area (Å²) in [6, 6.07) is 7.74. The summed E-state index contributed by atoms with van der Waals surface area (Å²) < 4.78 is 6.98. The highest BCUT2D eigenvalue weighted by Crippen LogP contribution is 2.65. The Balaban J connectivity index is 1.89. The number of benzene rings is 1. The Kier molecular flexibility index (Phi) is 9.14. The van der Waals surface area contributed by atoms with Crippen molar-refractivity contribution in [2.24, 2.45) is 17.8 Å². The second-order valence-corrected chi connectivity index (χ2v) is 12.2. The second kappa shape index (κ2) is 12.1. The molecule has 41 heavy (non-hydrogen) atoms. The van der Waals surface area contributed by atoms with Gasteiger partial charge in [0.1, 0.15) is 11.6 Å². The standard InChI is InChI=1S/C33H47N3O5/c1-8-19-34(22(5)6)31(40)28-33-18-17-32(11-4,41-33)26(27(33)30(39)36(28)25(21-37)23(7)10-3)29(38)35(20-9-2)24-15-13-12-14-16-24/h8-9,12-16,22-23,25-28,37H,1-2,10-11,17-21H2,3-7H3/t23-,25-,26+,27-,28?,32-,33?/m0/s1. The highest BCUT2D eigenvalue weighted by molar-refractivity contribution is 6.03. The van der Waals surface area contributed by atoms with Crippen molar-refractivity contribution in [3.63, 3.8) is 0 Å². The van der Waals surface area contributed by atoms with Gasteiger partial charge in [0.05, 0.1) is 30.1 Å². The van der Waals surface area contributed by atoms with Crippen LogP contribution in [0.2, 0.25) is 0 Å². The first-order valence-electron chi connectivity index (χ1n) is 15.1. The summed E-state index contributed by atoms with van der Waals surface area (Å²) in [6.07, 6.45) is 5.71. The number of para-hydroxylation sites is 1. The molecule has 8 heteroatoms. The number of ether oxygens (including phenoxy) is 1. The van der Waals surface area contributed by atoms with Crippen LogP contribution >= 0.6 is 0 Å². The molecule has 0 saturated carbocycles. The molecule has 3 saturated heterocycles. The summed E-state index contributed by atoms with van der Waals surface area (Å²) in [6.45, 7) is 17.9. The molecule has 3 heterocycles. The zero-order valence-electron chi connectivity index (χ0n) is 25.3. The maximum atomic E-state index is 14.7. The van der Waals surface area contributed by atoms with Crippen LogP contribution in [0.3, 0.4) is 0 Å². The van der Waals surface area contributed by atoms with Crippen LogP contribution in [0, 0.1) is 17.8 Å². The zero-order chi connectivity index (χ0) is 30.1. The maximum absolute atomic E-state index is 14.7. The van der Waals surface area contributed by atoms with Gasteiger partial charge in [-0.2, -0.15) is 0 Å². The van der Waals surface area contributed by atoms with Gasteiger partial charge < -0.3 is 24.5 Å². The van der Waals surface area contributed by atoms with Gasteiger partial charge in [0.25, 0.3) is 0 Å². The molecule has 3 fully saturated rings. The maximum Gasteiger partial charge on any atom is 0.248 e. The van der Waals surface area contributed by atoms with E-state index in [-0.39, 0.29) is 42.8 Å². The van der Waals surface area contributed by atoms with E-state index in [1.165, 1.54) is 0 Å². The molecule has 1 N–H and O–H groups in total. The van der Waals surface area contributed by atoms with Crippen LogP contribution in [-0.2, 0) is 19.1 Å². The van der Waals surface area contributed by atoms with Crippen LogP contribution in [0.4, 0.5) is 5.69 Å². The van der Waals surface area contributed by atoms with Crippen LogP contribution in [0.15, 0.2) is 55.6 Å². The lowest BCUT2D eigenvalue weighted by Crippen LogP contribution is -2.60. The van der Waals surface area contributed by atoms with Crippen molar-refractivity contribution < 1.29 is 24.2 Å². The Hall–Kier alpha value is -2.97. The van der Waals surface area contributed by atoms with Gasteiger partial charge in [0.15, 0.2) is 0 Å². The summed E-state index contributed by atoms with van der Waals surface area (Å²) in [4.78, 5) is 48.8. The van der Waals surface area contributed by atoms with Gasteiger partial charge in [-0.15, -0.1) is 13.2 Å². The number of carbonyl (C=O) groups is 3. The number of carbonyl (C=O) groups excluding carboxylic acids is 3. The van der Waals surface area contributed by atoms with Crippen LogP contribution in [0.25, 0.3) is 0 Å². The lowest BCUT2D eigenvalue weighted by Gasteiger charge is -2.42. The highest BCUT2D eigenvalue weighted by atomic mass is 16.5. The predicted octanol–water partition coefficient (Wildman–Crippen LogP) is 4.19. The second-order valence-electron chi connectivity index (χ2n) is 12.2. The molecule has 8 nitrogen and oxygen atoms in total. The third-order valence-corrected chi connectivity index (χ3v) is 9.84. The molecule has 4 rings (SSSR count). The molecule has 224 valence electrons. The van der Waals surface area contributed by atoms with E-state index in [9.17, 15) is 19.5 Å². The number of fused-ring (bicyclic) bond motifs is 1. The van der Waals surface area contributed by atoms with Gasteiger partial charge in [-0.05, 0) is 51.2 Å². The minimum atomic E-state index is -1.16.